The zero-order valence-electron chi connectivity index (χ0n) is 26.8. The number of fused-ring (bicyclic) bond motifs is 3. The summed E-state index contributed by atoms with van der Waals surface area (Å²) in [6.45, 7) is 2.16. The van der Waals surface area contributed by atoms with Crippen molar-refractivity contribution in [3.8, 4) is 51.0 Å². The molecule has 0 unspecified atom stereocenters. The molecular weight excluding hydrogens is 601 g/mol. The molecule has 3 aromatic heterocycles. The van der Waals surface area contributed by atoms with E-state index in [0.717, 1.165) is 72.9 Å². The van der Waals surface area contributed by atoms with E-state index in [1.54, 1.807) is 12.4 Å². The molecule has 0 N–H and O–H groups in total. The summed E-state index contributed by atoms with van der Waals surface area (Å²) in [5.41, 5.74) is 8.20. The smallest absolute Gasteiger partial charge is 0.165 e. The van der Waals surface area contributed by atoms with Crippen molar-refractivity contribution in [3.05, 3.63) is 158 Å². The number of hydrogen-bond donors (Lipinski definition) is 0. The lowest BCUT2D eigenvalue weighted by Gasteiger charge is -2.17. The molecule has 0 aliphatic rings. The van der Waals surface area contributed by atoms with Gasteiger partial charge in [0, 0.05) is 46.3 Å². The van der Waals surface area contributed by atoms with Gasteiger partial charge in [0.05, 0.1) is 16.7 Å². The maximum Gasteiger partial charge on any atom is 0.165 e. The summed E-state index contributed by atoms with van der Waals surface area (Å²) in [7, 11) is 0. The number of benzene rings is 6. The monoisotopic (exact) mass is 630 g/mol. The van der Waals surface area contributed by atoms with E-state index in [2.05, 4.69) is 107 Å². The van der Waals surface area contributed by atoms with Gasteiger partial charge in [0.15, 0.2) is 17.5 Å². The molecule has 9 aromatic rings. The van der Waals surface area contributed by atoms with Crippen molar-refractivity contribution in [2.45, 2.75) is 13.3 Å². The van der Waals surface area contributed by atoms with Crippen LogP contribution in [-0.2, 0) is 6.42 Å². The van der Waals surface area contributed by atoms with Gasteiger partial charge in [0.2, 0.25) is 0 Å². The summed E-state index contributed by atoms with van der Waals surface area (Å²) in [6.07, 6.45) is 4.38. The maximum atomic E-state index is 5.09. The standard InChI is InChI=1S/C43H30N6/c1-2-39-45-36-23-6-7-24-38(36)49(39)37-25-11-19-31-32(18-10-20-33(31)37)34-21-8-15-28-16-9-22-35(40(28)34)43-47-41(29-13-4-3-5-14-29)46-42(48-43)30-17-12-26-44-27-30/h3-27H,2H2,1H3. The molecule has 9 rings (SSSR count). The van der Waals surface area contributed by atoms with Gasteiger partial charge in [0.25, 0.3) is 0 Å². The van der Waals surface area contributed by atoms with Crippen LogP contribution in [0.1, 0.15) is 12.7 Å². The lowest BCUT2D eigenvalue weighted by Crippen LogP contribution is -2.01. The number of nitrogens with zero attached hydrogens (tertiary/aromatic N) is 6. The highest BCUT2D eigenvalue weighted by Crippen LogP contribution is 2.40. The Labute approximate surface area is 283 Å². The van der Waals surface area contributed by atoms with Crippen LogP contribution in [0.5, 0.6) is 0 Å². The van der Waals surface area contributed by atoms with Crippen molar-refractivity contribution < 1.29 is 0 Å². The zero-order valence-corrected chi connectivity index (χ0v) is 26.8. The highest BCUT2D eigenvalue weighted by atomic mass is 15.1. The van der Waals surface area contributed by atoms with Crippen LogP contribution in [0.4, 0.5) is 0 Å². The Balaban J connectivity index is 1.29. The molecule has 6 heteroatoms. The van der Waals surface area contributed by atoms with Gasteiger partial charge in [-0.1, -0.05) is 116 Å². The van der Waals surface area contributed by atoms with Crippen molar-refractivity contribution in [3.63, 3.8) is 0 Å². The van der Waals surface area contributed by atoms with Gasteiger partial charge in [-0.3, -0.25) is 9.55 Å². The second-order valence-corrected chi connectivity index (χ2v) is 12.0. The van der Waals surface area contributed by atoms with Gasteiger partial charge < -0.3 is 0 Å². The Morgan fingerprint density at radius 3 is 2.00 bits per heavy atom. The second-order valence-electron chi connectivity index (χ2n) is 12.0. The molecule has 0 bridgehead atoms. The molecule has 232 valence electrons. The van der Waals surface area contributed by atoms with Crippen molar-refractivity contribution in [1.82, 2.24) is 29.5 Å². The highest BCUT2D eigenvalue weighted by molar-refractivity contribution is 6.11. The fourth-order valence-corrected chi connectivity index (χ4v) is 6.89. The van der Waals surface area contributed by atoms with Crippen LogP contribution in [0.25, 0.3) is 83.6 Å². The van der Waals surface area contributed by atoms with E-state index in [4.69, 9.17) is 19.9 Å². The quantitative estimate of drug-likeness (QED) is 0.183. The number of hydrogen-bond acceptors (Lipinski definition) is 5. The van der Waals surface area contributed by atoms with Crippen LogP contribution >= 0.6 is 0 Å². The van der Waals surface area contributed by atoms with Crippen molar-refractivity contribution >= 4 is 32.6 Å². The number of para-hydroxylation sites is 2. The molecule has 0 saturated carbocycles. The van der Waals surface area contributed by atoms with E-state index < -0.39 is 0 Å². The first kappa shape index (κ1) is 28.7. The van der Waals surface area contributed by atoms with Gasteiger partial charge in [-0.25, -0.2) is 19.9 Å². The SMILES string of the molecule is CCc1nc2ccccc2n1-c1cccc2c(-c3cccc4cccc(-c5nc(-c6ccccc6)nc(-c6cccnc6)n5)c34)cccc12. The molecule has 0 aliphatic heterocycles. The summed E-state index contributed by atoms with van der Waals surface area (Å²) in [5.74, 6) is 2.86. The van der Waals surface area contributed by atoms with Crippen molar-refractivity contribution in [2.75, 3.05) is 0 Å². The van der Waals surface area contributed by atoms with E-state index in [1.165, 1.54) is 5.39 Å². The van der Waals surface area contributed by atoms with Gasteiger partial charge in [-0.15, -0.1) is 0 Å². The van der Waals surface area contributed by atoms with E-state index in [9.17, 15) is 0 Å². The van der Waals surface area contributed by atoms with E-state index in [0.29, 0.717) is 17.5 Å². The molecule has 6 nitrogen and oxygen atoms in total. The Hall–Kier alpha value is -6.53. The van der Waals surface area contributed by atoms with Crippen molar-refractivity contribution in [1.29, 1.82) is 0 Å². The van der Waals surface area contributed by atoms with E-state index >= 15 is 0 Å². The maximum absolute atomic E-state index is 5.09. The molecule has 49 heavy (non-hydrogen) atoms. The molecule has 0 spiro atoms. The summed E-state index contributed by atoms with van der Waals surface area (Å²) >= 11 is 0. The van der Waals surface area contributed by atoms with Crippen LogP contribution in [0.2, 0.25) is 0 Å². The normalized spacial score (nSPS) is 11.4. The summed E-state index contributed by atoms with van der Waals surface area (Å²) in [6, 6.07) is 48.3. The van der Waals surface area contributed by atoms with E-state index in [-0.39, 0.29) is 0 Å². The van der Waals surface area contributed by atoms with Crippen LogP contribution < -0.4 is 0 Å². The number of pyridine rings is 1. The Kier molecular flexibility index (Phi) is 6.98. The molecule has 0 aliphatic carbocycles. The molecule has 0 amide bonds. The molecule has 0 fully saturated rings. The zero-order chi connectivity index (χ0) is 32.7. The summed E-state index contributed by atoms with van der Waals surface area (Å²) in [4.78, 5) is 24.4. The van der Waals surface area contributed by atoms with Gasteiger partial charge >= 0.3 is 0 Å². The van der Waals surface area contributed by atoms with Crippen LogP contribution in [-0.4, -0.2) is 29.5 Å². The van der Waals surface area contributed by atoms with E-state index in [1.807, 2.05) is 48.5 Å². The second kappa shape index (κ2) is 11.9. The molecule has 0 atom stereocenters. The summed E-state index contributed by atoms with van der Waals surface area (Å²) < 4.78 is 2.31. The average Bonchev–Trinajstić information content (AvgIpc) is 3.56. The minimum absolute atomic E-state index is 0.584. The molecule has 0 radical (unpaired) electrons. The Morgan fingerprint density at radius 2 is 1.18 bits per heavy atom. The first-order valence-electron chi connectivity index (χ1n) is 16.5. The number of aryl methyl sites for hydroxylation is 1. The molecular formula is C43H30N6. The third-order valence-corrected chi connectivity index (χ3v) is 9.11. The highest BCUT2D eigenvalue weighted by Gasteiger charge is 2.19. The Morgan fingerprint density at radius 1 is 0.510 bits per heavy atom. The van der Waals surface area contributed by atoms with Gasteiger partial charge in [-0.2, -0.15) is 0 Å². The predicted molar refractivity (Wildman–Crippen MR) is 198 cm³/mol. The molecule has 0 saturated heterocycles. The fraction of sp³-hybridized carbons (Fsp3) is 0.0465. The molecule has 6 aromatic carbocycles. The van der Waals surface area contributed by atoms with Crippen LogP contribution in [0.3, 0.4) is 0 Å². The minimum atomic E-state index is 0.584. The molecule has 3 heterocycles. The van der Waals surface area contributed by atoms with Crippen LogP contribution in [0.15, 0.2) is 152 Å². The average molecular weight is 631 g/mol. The fourth-order valence-electron chi connectivity index (χ4n) is 6.89. The van der Waals surface area contributed by atoms with Gasteiger partial charge in [-0.05, 0) is 52.2 Å². The number of rotatable bonds is 6. The first-order valence-corrected chi connectivity index (χ1v) is 16.5. The predicted octanol–water partition coefficient (Wildman–Crippen LogP) is 10.1. The van der Waals surface area contributed by atoms with Crippen LogP contribution in [0, 0.1) is 0 Å². The van der Waals surface area contributed by atoms with Crippen molar-refractivity contribution in [2.24, 2.45) is 0 Å². The largest absolute Gasteiger partial charge is 0.296 e. The number of aromatic nitrogens is 6. The third kappa shape index (κ3) is 4.93. The number of imidazole rings is 1. The summed E-state index contributed by atoms with van der Waals surface area (Å²) in [5, 5.41) is 4.53. The third-order valence-electron chi connectivity index (χ3n) is 9.11. The first-order chi connectivity index (χ1) is 24.3. The van der Waals surface area contributed by atoms with Gasteiger partial charge in [0.1, 0.15) is 5.82 Å². The topological polar surface area (TPSA) is 69.4 Å². The Bertz CT molecular complexity index is 2580. The lowest BCUT2D eigenvalue weighted by molar-refractivity contribution is 0.913. The lowest BCUT2D eigenvalue weighted by atomic mass is 9.91. The minimum Gasteiger partial charge on any atom is -0.296 e.